The smallest absolute Gasteiger partial charge is 0.251 e. The summed E-state index contributed by atoms with van der Waals surface area (Å²) in [4.78, 5) is 11.6. The summed E-state index contributed by atoms with van der Waals surface area (Å²) in [5, 5.41) is 10.7. The first kappa shape index (κ1) is 21.6. The summed E-state index contributed by atoms with van der Waals surface area (Å²) in [5.74, 6) is -1.05. The topological polar surface area (TPSA) is 65.0 Å². The second-order valence-corrected chi connectivity index (χ2v) is 6.86. The lowest BCUT2D eigenvalue weighted by Gasteiger charge is -2.26. The highest BCUT2D eigenvalue weighted by molar-refractivity contribution is 5.67. The van der Waals surface area contributed by atoms with Gasteiger partial charge in [0.25, 0.3) is 5.79 Å². The van der Waals surface area contributed by atoms with E-state index in [1.165, 1.54) is 0 Å². The molecule has 0 saturated carbocycles. The molecule has 30 heavy (non-hydrogen) atoms. The minimum absolute atomic E-state index is 0.182. The molecule has 0 saturated heterocycles. The molecule has 156 valence electrons. The first-order chi connectivity index (χ1) is 14.6. The zero-order chi connectivity index (χ0) is 21.4. The fourth-order valence-corrected chi connectivity index (χ4v) is 3.21. The van der Waals surface area contributed by atoms with Gasteiger partial charge in [-0.3, -0.25) is 4.79 Å². The Bertz CT molecular complexity index is 956. The monoisotopic (exact) mass is 406 g/mol. The normalized spacial score (nSPS) is 12.8. The maximum atomic E-state index is 11.6. The van der Waals surface area contributed by atoms with Crippen LogP contribution in [0.1, 0.15) is 29.2 Å². The first-order valence-electron chi connectivity index (χ1n) is 9.87. The quantitative estimate of drug-likeness (QED) is 0.396. The molecule has 0 aliphatic rings. The van der Waals surface area contributed by atoms with Crippen LogP contribution in [0.4, 0.5) is 0 Å². The van der Waals surface area contributed by atoms with Crippen LogP contribution < -0.4 is 9.47 Å². The Labute approximate surface area is 176 Å². The van der Waals surface area contributed by atoms with E-state index in [-0.39, 0.29) is 6.61 Å². The molecule has 3 aromatic carbocycles. The number of aliphatic hydroxyl groups is 1. The van der Waals surface area contributed by atoms with E-state index in [2.05, 4.69) is 0 Å². The van der Waals surface area contributed by atoms with E-state index >= 15 is 0 Å². The van der Waals surface area contributed by atoms with Crippen LogP contribution in [0, 0.1) is 6.92 Å². The van der Waals surface area contributed by atoms with Crippen LogP contribution in [0.25, 0.3) is 0 Å². The van der Waals surface area contributed by atoms with Crippen LogP contribution >= 0.6 is 0 Å². The van der Waals surface area contributed by atoms with Crippen LogP contribution in [0.2, 0.25) is 0 Å². The fourth-order valence-electron chi connectivity index (χ4n) is 3.21. The molecule has 3 aromatic rings. The van der Waals surface area contributed by atoms with Crippen molar-refractivity contribution in [3.05, 3.63) is 95.1 Å². The third-order valence-corrected chi connectivity index (χ3v) is 4.74. The Kier molecular flexibility index (Phi) is 7.22. The molecule has 0 amide bonds. The fraction of sp³-hybridized carbons (Fsp3) is 0.240. The first-order valence-corrected chi connectivity index (χ1v) is 9.87. The van der Waals surface area contributed by atoms with Gasteiger partial charge in [0.1, 0.15) is 13.2 Å². The summed E-state index contributed by atoms with van der Waals surface area (Å²) < 4.78 is 17.4. The molecule has 0 aromatic heterocycles. The highest BCUT2D eigenvalue weighted by Crippen LogP contribution is 2.38. The second-order valence-electron chi connectivity index (χ2n) is 6.86. The molecular formula is C25H26O5. The number of ether oxygens (including phenoxy) is 3. The Hall–Kier alpha value is -3.15. The van der Waals surface area contributed by atoms with Gasteiger partial charge in [-0.15, -0.1) is 0 Å². The molecule has 5 heteroatoms. The molecule has 1 N–H and O–H groups in total. The number of benzene rings is 3. The summed E-state index contributed by atoms with van der Waals surface area (Å²) >= 11 is 0. The van der Waals surface area contributed by atoms with Crippen molar-refractivity contribution in [1.82, 2.24) is 0 Å². The highest BCUT2D eigenvalue weighted by atomic mass is 16.6. The lowest BCUT2D eigenvalue weighted by molar-refractivity contribution is -0.197. The Balaban J connectivity index is 1.93. The molecule has 3 rings (SSSR count). The van der Waals surface area contributed by atoms with E-state index in [9.17, 15) is 9.90 Å². The molecule has 1 atom stereocenters. The zero-order valence-electron chi connectivity index (χ0n) is 17.2. The van der Waals surface area contributed by atoms with Crippen molar-refractivity contribution in [3.8, 4) is 11.5 Å². The third-order valence-electron chi connectivity index (χ3n) is 4.74. The molecule has 0 radical (unpaired) electrons. The van der Waals surface area contributed by atoms with Gasteiger partial charge < -0.3 is 19.3 Å². The van der Waals surface area contributed by atoms with Crippen LogP contribution in [-0.4, -0.2) is 18.0 Å². The number of aldehydes is 1. The molecule has 0 spiro atoms. The Morgan fingerprint density at radius 2 is 1.43 bits per heavy atom. The molecule has 0 aliphatic carbocycles. The predicted molar refractivity (Wildman–Crippen MR) is 114 cm³/mol. The average molecular weight is 406 g/mol. The van der Waals surface area contributed by atoms with Crippen LogP contribution in [0.3, 0.4) is 0 Å². The summed E-state index contributed by atoms with van der Waals surface area (Å²) in [7, 11) is 0. The maximum absolute atomic E-state index is 11.6. The molecule has 5 nitrogen and oxygen atoms in total. The highest BCUT2D eigenvalue weighted by Gasteiger charge is 2.33. The number of carbonyl (C=O) groups is 1. The summed E-state index contributed by atoms with van der Waals surface area (Å²) in [6, 6.07) is 22.9. The molecule has 1 unspecified atom stereocenters. The van der Waals surface area contributed by atoms with Gasteiger partial charge in [0.2, 0.25) is 0 Å². The molecule has 0 bridgehead atoms. The second kappa shape index (κ2) is 10.1. The van der Waals surface area contributed by atoms with Crippen molar-refractivity contribution >= 4 is 6.29 Å². The SMILES string of the molecule is CCOC(O)(C=O)c1ccc(OCc2ccccc2)c(OCc2ccccc2)c1C. The van der Waals surface area contributed by atoms with E-state index in [4.69, 9.17) is 14.2 Å². The number of carbonyl (C=O) groups excluding carboxylic acids is 1. The summed E-state index contributed by atoms with van der Waals surface area (Å²) in [6.07, 6.45) is 0.393. The van der Waals surface area contributed by atoms with E-state index in [0.717, 1.165) is 11.1 Å². The van der Waals surface area contributed by atoms with Crippen molar-refractivity contribution in [2.24, 2.45) is 0 Å². The van der Waals surface area contributed by atoms with Gasteiger partial charge in [-0.25, -0.2) is 0 Å². The molecule has 0 fully saturated rings. The van der Waals surface area contributed by atoms with Crippen molar-refractivity contribution in [1.29, 1.82) is 0 Å². The van der Waals surface area contributed by atoms with Gasteiger partial charge in [-0.1, -0.05) is 60.7 Å². The number of hydrogen-bond donors (Lipinski definition) is 1. The summed E-state index contributed by atoms with van der Waals surface area (Å²) in [5.41, 5.74) is 2.92. The van der Waals surface area contributed by atoms with Crippen molar-refractivity contribution in [2.45, 2.75) is 32.8 Å². The standard InChI is InChI=1S/C25H26O5/c1-3-30-25(27,18-26)22-14-15-23(28-16-20-10-6-4-7-11-20)24(19(22)2)29-17-21-12-8-5-9-13-21/h4-15,18,27H,3,16-17H2,1-2H3. The molecule has 0 aliphatic heterocycles. The lowest BCUT2D eigenvalue weighted by Crippen LogP contribution is -2.32. The largest absolute Gasteiger partial charge is 0.485 e. The van der Waals surface area contributed by atoms with Crippen LogP contribution in [-0.2, 0) is 28.5 Å². The minimum Gasteiger partial charge on any atom is -0.485 e. The predicted octanol–water partition coefficient (Wildman–Crippen LogP) is 4.53. The van der Waals surface area contributed by atoms with Gasteiger partial charge in [-0.2, -0.15) is 0 Å². The van der Waals surface area contributed by atoms with E-state index in [1.807, 2.05) is 60.7 Å². The van der Waals surface area contributed by atoms with Crippen molar-refractivity contribution < 1.29 is 24.1 Å². The van der Waals surface area contributed by atoms with Crippen LogP contribution in [0.5, 0.6) is 11.5 Å². The van der Waals surface area contributed by atoms with Gasteiger partial charge in [-0.05, 0) is 37.1 Å². The third kappa shape index (κ3) is 5.06. The van der Waals surface area contributed by atoms with Crippen molar-refractivity contribution in [3.63, 3.8) is 0 Å². The number of rotatable bonds is 10. The van der Waals surface area contributed by atoms with Crippen LogP contribution in [0.15, 0.2) is 72.8 Å². The van der Waals surface area contributed by atoms with Gasteiger partial charge >= 0.3 is 0 Å². The Morgan fingerprint density at radius 1 is 0.867 bits per heavy atom. The van der Waals surface area contributed by atoms with Gasteiger partial charge in [0.15, 0.2) is 17.8 Å². The lowest BCUT2D eigenvalue weighted by atomic mass is 9.99. The number of hydrogen-bond acceptors (Lipinski definition) is 5. The zero-order valence-corrected chi connectivity index (χ0v) is 17.2. The van der Waals surface area contributed by atoms with Crippen molar-refractivity contribution in [2.75, 3.05) is 6.61 Å². The maximum Gasteiger partial charge on any atom is 0.251 e. The van der Waals surface area contributed by atoms with Gasteiger partial charge in [0.05, 0.1) is 0 Å². The van der Waals surface area contributed by atoms with E-state index in [0.29, 0.717) is 42.1 Å². The Morgan fingerprint density at radius 3 is 1.97 bits per heavy atom. The summed E-state index contributed by atoms with van der Waals surface area (Å²) in [6.45, 7) is 4.36. The van der Waals surface area contributed by atoms with E-state index < -0.39 is 5.79 Å². The van der Waals surface area contributed by atoms with Gasteiger partial charge in [0, 0.05) is 17.7 Å². The minimum atomic E-state index is -2.04. The molecule has 0 heterocycles. The average Bonchev–Trinajstić information content (AvgIpc) is 2.78. The van der Waals surface area contributed by atoms with E-state index in [1.54, 1.807) is 26.0 Å². The molecular weight excluding hydrogens is 380 g/mol.